The number of benzene rings is 3. The number of imidazole rings is 3. The second kappa shape index (κ2) is 54.5. The second-order valence-corrected chi connectivity index (χ2v) is 26.6. The Kier molecular flexibility index (Phi) is 42.5. The molecule has 6 aromatic heterocycles. The van der Waals surface area contributed by atoms with E-state index in [1.165, 1.54) is 19.0 Å². The van der Waals surface area contributed by atoms with Gasteiger partial charge in [-0.2, -0.15) is 43.1 Å². The molecule has 0 bridgehead atoms. The van der Waals surface area contributed by atoms with Gasteiger partial charge in [0.25, 0.3) is 0 Å². The third-order valence-electron chi connectivity index (χ3n) is 17.0. The first kappa shape index (κ1) is 95.0. The van der Waals surface area contributed by atoms with E-state index in [1.54, 1.807) is 0 Å². The van der Waals surface area contributed by atoms with Crippen molar-refractivity contribution < 1.29 is 118 Å². The molecule has 0 aliphatic carbocycles. The minimum Gasteiger partial charge on any atom is -0.471 e. The molecule has 0 aliphatic heterocycles. The van der Waals surface area contributed by atoms with Crippen molar-refractivity contribution in [1.29, 1.82) is 0 Å². The van der Waals surface area contributed by atoms with E-state index in [2.05, 4.69) is 75.8 Å². The number of halogens is 3. The predicted octanol–water partition coefficient (Wildman–Crippen LogP) is 3.25. The van der Waals surface area contributed by atoms with Gasteiger partial charge >= 0.3 is 12.1 Å². The van der Waals surface area contributed by atoms with Crippen LogP contribution in [0.5, 0.6) is 17.6 Å². The van der Waals surface area contributed by atoms with Crippen molar-refractivity contribution in [2.45, 2.75) is 70.6 Å². The Morgan fingerprint density at radius 1 is 0.311 bits per heavy atom. The molecule has 0 saturated carbocycles. The molecule has 122 heavy (non-hydrogen) atoms. The number of nitrogens with two attached hydrogens (primary N) is 3. The molecular weight excluding hydrogens is 1610 g/mol. The Bertz CT molecular complexity index is 4060. The molecule has 4 amide bonds. The average molecular weight is 1720 g/mol. The number of carbonyl (C=O) groups is 4. The molecule has 0 unspecified atom stereocenters. The SMILES string of the molecule is Nc1nc(OCc2ccc(COCCOCCOCCOCCNC(=O)CCOCC(COCCC(=O)NCCOCCOCCOCCOCc3ccc(COc4nc(N)nc5[nH]cnc45)cc3)(COCCC(=O)NCCOCCOCCOCCOCc3ccc(COc4nc(N)nc5[nH]cnc45)cc3)NC(=O)C(F)(F)F)cc2)c2nc[nH]c2n1. The Hall–Kier alpha value is -10.8. The maximum Gasteiger partial charge on any atom is 0.471 e. The zero-order valence-electron chi connectivity index (χ0n) is 67.6. The lowest BCUT2D eigenvalue weighted by atomic mass is 10.0. The number of nitrogens with zero attached hydrogens (tertiary/aromatic N) is 9. The number of nitrogens with one attached hydrogen (secondary N) is 7. The Morgan fingerprint density at radius 2 is 0.549 bits per heavy atom. The van der Waals surface area contributed by atoms with Gasteiger partial charge in [-0.3, -0.25) is 19.2 Å². The molecule has 9 rings (SSSR count). The van der Waals surface area contributed by atoms with E-state index in [1.807, 2.05) is 78.1 Å². The van der Waals surface area contributed by atoms with Crippen LogP contribution in [0.15, 0.2) is 91.8 Å². The summed E-state index contributed by atoms with van der Waals surface area (Å²) < 4.78 is 144. The largest absolute Gasteiger partial charge is 0.471 e. The van der Waals surface area contributed by atoms with Gasteiger partial charge in [0.05, 0.1) is 217 Å². The molecule has 0 radical (unpaired) electrons. The van der Waals surface area contributed by atoms with E-state index in [9.17, 15) is 32.3 Å². The molecule has 9 aromatic rings. The van der Waals surface area contributed by atoms with Crippen LogP contribution in [0, 0.1) is 0 Å². The van der Waals surface area contributed by atoms with Crippen LogP contribution < -0.4 is 52.7 Å². The van der Waals surface area contributed by atoms with Crippen LogP contribution in [-0.4, -0.2) is 293 Å². The summed E-state index contributed by atoms with van der Waals surface area (Å²) in [4.78, 5) is 96.9. The highest BCUT2D eigenvalue weighted by Gasteiger charge is 2.45. The quantitative estimate of drug-likeness (QED) is 0.0245. The maximum atomic E-state index is 14.0. The average Bonchev–Trinajstić information content (AvgIpc) is 1.67. The standard InChI is InChI=1S/C78H106F3N19O22/c79-78(80,81)73(104)100-77(49-117-19-13-61(101)85-16-22-105-25-28-108-31-34-111-37-40-114-43-55-1-7-58(8-2-55)46-120-70-64-67(91-52-88-64)94-74(82)97-70,50-118-20-14-62(102)86-17-23-106-26-29-109-32-35-112-38-41-115-44-56-3-9-59(10-4-56)47-121-71-65-68(92-53-89-65)95-75(83)98-71)51-119-21-15-63(103)87-18-24-107-27-30-110-33-36-113-39-42-116-45-57-5-11-60(12-6-57)48-122-72-66-69(93-54-90-66)96-76(84)99-72/h1-12,52-54H,13-51H2,(H,85,101)(H,86,102)(H,87,103)(H,100,104)(H3,82,88,91,94,97)(H3,83,89,92,95,98)(H3,84,90,93,96,99). The number of fused-ring (bicyclic) bond motifs is 3. The fourth-order valence-electron chi connectivity index (χ4n) is 10.9. The number of alkyl halides is 3. The number of rotatable bonds is 67. The van der Waals surface area contributed by atoms with E-state index in [0.717, 1.165) is 33.4 Å². The molecule has 3 aromatic carbocycles. The van der Waals surface area contributed by atoms with Crippen LogP contribution in [0.3, 0.4) is 0 Å². The molecule has 13 N–H and O–H groups in total. The molecule has 0 atom stereocenters. The molecule has 0 fully saturated rings. The van der Waals surface area contributed by atoms with Gasteiger partial charge in [-0.15, -0.1) is 0 Å². The predicted molar refractivity (Wildman–Crippen MR) is 429 cm³/mol. The summed E-state index contributed by atoms with van der Waals surface area (Å²) in [6.45, 7) is 5.51. The summed E-state index contributed by atoms with van der Waals surface area (Å²) >= 11 is 0. The van der Waals surface area contributed by atoms with E-state index in [4.69, 9.17) is 102 Å². The van der Waals surface area contributed by atoms with Crippen molar-refractivity contribution >= 4 is 75.0 Å². The smallest absolute Gasteiger partial charge is 0.471 e. The zero-order valence-corrected chi connectivity index (χ0v) is 67.6. The van der Waals surface area contributed by atoms with Crippen molar-refractivity contribution in [3.63, 3.8) is 0 Å². The summed E-state index contributed by atoms with van der Waals surface area (Å²) in [6.07, 6.45) is -1.56. The van der Waals surface area contributed by atoms with Crippen LogP contribution in [0.2, 0.25) is 0 Å². The monoisotopic (exact) mass is 1720 g/mol. The molecule has 41 nitrogen and oxygen atoms in total. The van der Waals surface area contributed by atoms with Gasteiger partial charge in [0.2, 0.25) is 53.2 Å². The lowest BCUT2D eigenvalue weighted by molar-refractivity contribution is -0.178. The van der Waals surface area contributed by atoms with Crippen LogP contribution in [-0.2, 0) is 130 Å². The summed E-state index contributed by atoms with van der Waals surface area (Å²) in [5.74, 6) is -2.62. The van der Waals surface area contributed by atoms with Gasteiger partial charge < -0.3 is 139 Å². The summed E-state index contributed by atoms with van der Waals surface area (Å²) in [5, 5.41) is 9.96. The molecular formula is C78H106F3N19O22. The van der Waals surface area contributed by atoms with Crippen molar-refractivity contribution in [2.24, 2.45) is 0 Å². The van der Waals surface area contributed by atoms with Gasteiger partial charge in [-0.1, -0.05) is 72.8 Å². The zero-order chi connectivity index (χ0) is 85.9. The van der Waals surface area contributed by atoms with Gasteiger partial charge in [0.15, 0.2) is 33.5 Å². The van der Waals surface area contributed by atoms with Crippen molar-refractivity contribution in [1.82, 2.24) is 81.1 Å². The van der Waals surface area contributed by atoms with Crippen LogP contribution >= 0.6 is 0 Å². The number of ether oxygens (including phenoxy) is 18. The Balaban J connectivity index is 0.591. The van der Waals surface area contributed by atoms with E-state index < -0.39 is 55.2 Å². The number of amides is 4. The second-order valence-electron chi connectivity index (χ2n) is 26.6. The molecule has 44 heteroatoms. The number of nitrogen functional groups attached to an aromatic ring is 3. The minimum atomic E-state index is -5.35. The molecule has 0 saturated heterocycles. The number of hydrogen-bond acceptors (Lipinski definition) is 34. The normalized spacial score (nSPS) is 11.8. The van der Waals surface area contributed by atoms with Gasteiger partial charge in [-0.05, 0) is 33.4 Å². The van der Waals surface area contributed by atoms with E-state index in [-0.39, 0.29) is 173 Å². The lowest BCUT2D eigenvalue weighted by Crippen LogP contribution is -2.61. The number of aromatic nitrogens is 12. The van der Waals surface area contributed by atoms with Crippen LogP contribution in [0.25, 0.3) is 33.5 Å². The number of anilines is 3. The highest BCUT2D eigenvalue weighted by atomic mass is 19.4. The lowest BCUT2D eigenvalue weighted by Gasteiger charge is -2.34. The van der Waals surface area contributed by atoms with Gasteiger partial charge in [-0.25, -0.2) is 15.0 Å². The summed E-state index contributed by atoms with van der Waals surface area (Å²) in [6, 6.07) is 23.2. The fraction of sp³-hybridized carbons (Fsp3) is 0.526. The van der Waals surface area contributed by atoms with Crippen molar-refractivity contribution in [2.75, 3.05) is 215 Å². The highest BCUT2D eigenvalue weighted by Crippen LogP contribution is 2.25. The van der Waals surface area contributed by atoms with Crippen LogP contribution in [0.1, 0.15) is 52.6 Å². The van der Waals surface area contributed by atoms with E-state index in [0.29, 0.717) is 133 Å². The first-order valence-corrected chi connectivity index (χ1v) is 39.4. The van der Waals surface area contributed by atoms with Crippen molar-refractivity contribution in [3.8, 4) is 17.6 Å². The first-order valence-electron chi connectivity index (χ1n) is 39.4. The fourth-order valence-corrected chi connectivity index (χ4v) is 10.9. The maximum absolute atomic E-state index is 14.0. The van der Waals surface area contributed by atoms with Gasteiger partial charge in [0, 0.05) is 38.9 Å². The first-order chi connectivity index (χ1) is 59.5. The molecule has 666 valence electrons. The third-order valence-corrected chi connectivity index (χ3v) is 17.0. The van der Waals surface area contributed by atoms with E-state index >= 15 is 0 Å². The molecule has 6 heterocycles. The molecule has 0 aliphatic rings. The number of carbonyl (C=O) groups excluding carboxylic acids is 4. The number of aromatic amines is 3. The Morgan fingerprint density at radius 3 is 0.803 bits per heavy atom. The molecule has 0 spiro atoms. The third kappa shape index (κ3) is 36.9. The number of hydrogen-bond donors (Lipinski definition) is 10. The van der Waals surface area contributed by atoms with Gasteiger partial charge in [0.1, 0.15) is 25.4 Å². The Labute approximate surface area is 699 Å². The minimum absolute atomic E-state index is 0.0767. The van der Waals surface area contributed by atoms with Crippen molar-refractivity contribution in [3.05, 3.63) is 125 Å². The summed E-state index contributed by atoms with van der Waals surface area (Å²) in [5.41, 5.74) is 23.9. The van der Waals surface area contributed by atoms with Crippen LogP contribution in [0.4, 0.5) is 31.0 Å². The summed E-state index contributed by atoms with van der Waals surface area (Å²) in [7, 11) is 0. The topological polar surface area (TPSA) is 524 Å². The highest BCUT2D eigenvalue weighted by molar-refractivity contribution is 5.83. The number of H-pyrrole nitrogens is 3.